The maximum absolute atomic E-state index is 12.6. The molecular formula is C26H46BF5O5S2. The molecule has 0 aliphatic heterocycles. The van der Waals surface area contributed by atoms with Gasteiger partial charge in [-0.15, -0.1) is 0 Å². The predicted octanol–water partition coefficient (Wildman–Crippen LogP) is 5.78. The minimum Gasteiger partial charge on any atom is -0.860 e. The van der Waals surface area contributed by atoms with E-state index in [1.165, 1.54) is 77.0 Å². The Morgan fingerprint density at radius 3 is 1.15 bits per heavy atom. The van der Waals surface area contributed by atoms with Crippen molar-refractivity contribution in [1.29, 1.82) is 0 Å². The van der Waals surface area contributed by atoms with Crippen molar-refractivity contribution in [3.05, 3.63) is 29.1 Å². The fourth-order valence-corrected chi connectivity index (χ4v) is 3.90. The summed E-state index contributed by atoms with van der Waals surface area (Å²) in [6.07, 6.45) is 24.7. The summed E-state index contributed by atoms with van der Waals surface area (Å²) >= 11 is 0.351. The Bertz CT molecular complexity index is 683. The number of rotatable bonds is 18. The molecule has 0 saturated carbocycles. The van der Waals surface area contributed by atoms with Crippen LogP contribution in [0, 0.1) is 29.1 Å². The first-order valence-corrected chi connectivity index (χ1v) is 17.2. The van der Waals surface area contributed by atoms with E-state index in [4.69, 9.17) is 8.37 Å². The van der Waals surface area contributed by atoms with Crippen molar-refractivity contribution in [2.24, 2.45) is 0 Å². The van der Waals surface area contributed by atoms with E-state index in [1.807, 2.05) is 0 Å². The zero-order valence-corrected chi connectivity index (χ0v) is 25.9. The van der Waals surface area contributed by atoms with Gasteiger partial charge in [0, 0.05) is 0 Å². The van der Waals surface area contributed by atoms with Gasteiger partial charge in [-0.25, -0.2) is 13.2 Å². The zero-order valence-electron chi connectivity index (χ0n) is 24.2. The van der Waals surface area contributed by atoms with Gasteiger partial charge in [-0.05, 0) is 12.8 Å². The second kappa shape index (κ2) is 26.2. The van der Waals surface area contributed by atoms with Crippen LogP contribution in [-0.4, -0.2) is 45.6 Å². The van der Waals surface area contributed by atoms with E-state index in [2.05, 4.69) is 43.5 Å². The largest absolute Gasteiger partial charge is 0.860 e. The van der Waals surface area contributed by atoms with Crippen LogP contribution in [0.1, 0.15) is 90.9 Å². The van der Waals surface area contributed by atoms with E-state index in [0.717, 1.165) is 13.2 Å². The molecule has 5 nitrogen and oxygen atoms in total. The fraction of sp³-hybridized carbons (Fsp3) is 0.769. The first-order chi connectivity index (χ1) is 18.4. The lowest BCUT2D eigenvalue weighted by molar-refractivity contribution is -0.372. The van der Waals surface area contributed by atoms with Crippen LogP contribution < -0.4 is 14.7 Å². The number of hydrogen-bond acceptors (Lipinski definition) is 5. The van der Waals surface area contributed by atoms with Crippen molar-refractivity contribution < 1.29 is 45.0 Å². The molecule has 0 radical (unpaired) electrons. The normalized spacial score (nSPS) is 10.7. The van der Waals surface area contributed by atoms with Crippen molar-refractivity contribution in [3.8, 4) is 5.75 Å². The van der Waals surface area contributed by atoms with Crippen LogP contribution in [0.2, 0.25) is 0 Å². The maximum atomic E-state index is 12.6. The molecule has 0 bridgehead atoms. The third-order valence-electron chi connectivity index (χ3n) is 5.02. The molecule has 0 N–H and O–H groups in total. The number of unbranched alkanes of at least 4 members (excludes halogenated alkanes) is 10. The predicted molar refractivity (Wildman–Crippen MR) is 150 cm³/mol. The summed E-state index contributed by atoms with van der Waals surface area (Å²) in [6.45, 7) is 6.43. The Hall–Kier alpha value is -0.725. The molecule has 39 heavy (non-hydrogen) atoms. The molecule has 0 unspecified atom stereocenters. The summed E-state index contributed by atoms with van der Waals surface area (Å²) in [5.74, 6) is -13.6. The molecule has 230 valence electrons. The summed E-state index contributed by atoms with van der Waals surface area (Å²) in [5, 5.41) is 19.7. The molecule has 0 spiro atoms. The van der Waals surface area contributed by atoms with Gasteiger partial charge in [0.1, 0.15) is 67.9 Å². The third kappa shape index (κ3) is 22.6. The van der Waals surface area contributed by atoms with Gasteiger partial charge in [0.25, 0.3) is 0 Å². The molecule has 0 aromatic heterocycles. The summed E-state index contributed by atoms with van der Waals surface area (Å²) < 4.78 is 76.8. The molecule has 1 aromatic rings. The van der Waals surface area contributed by atoms with Gasteiger partial charge in [0.05, 0.1) is 0 Å². The molecule has 0 aliphatic rings. The van der Waals surface area contributed by atoms with E-state index in [-0.39, 0.29) is 22.4 Å². The highest BCUT2D eigenvalue weighted by Gasteiger charge is 2.26. The number of benzene rings is 1. The van der Waals surface area contributed by atoms with Gasteiger partial charge in [0.15, 0.2) is 5.75 Å². The summed E-state index contributed by atoms with van der Waals surface area (Å²) in [5.41, 5.74) is 0. The third-order valence-corrected chi connectivity index (χ3v) is 6.29. The smallest absolute Gasteiger partial charge is 0.205 e. The van der Waals surface area contributed by atoms with Gasteiger partial charge < -0.3 is 14.7 Å². The molecule has 0 heterocycles. The van der Waals surface area contributed by atoms with Crippen molar-refractivity contribution in [3.63, 3.8) is 0 Å². The van der Waals surface area contributed by atoms with Crippen LogP contribution in [-0.2, 0) is 30.7 Å². The second-order valence-electron chi connectivity index (χ2n) is 8.97. The van der Waals surface area contributed by atoms with Gasteiger partial charge in [-0.2, -0.15) is 17.1 Å². The fourth-order valence-electron chi connectivity index (χ4n) is 3.00. The van der Waals surface area contributed by atoms with Crippen molar-refractivity contribution in [2.45, 2.75) is 90.9 Å². The van der Waals surface area contributed by atoms with E-state index in [9.17, 15) is 32.0 Å². The topological polar surface area (TPSA) is 73.8 Å². The monoisotopic (exact) mass is 608 g/mol. The average Bonchev–Trinajstić information content (AvgIpc) is 2.88. The number of hydrogen-bond donors (Lipinski definition) is 0. The quantitative estimate of drug-likeness (QED) is 0.0528. The molecule has 0 atom stereocenters. The lowest BCUT2D eigenvalue weighted by Crippen LogP contribution is -2.50. The maximum Gasteiger partial charge on any atom is 0.205 e. The Labute approximate surface area is 238 Å². The minimum atomic E-state index is -3.20. The lowest BCUT2D eigenvalue weighted by atomic mass is 10.1. The van der Waals surface area contributed by atoms with Crippen molar-refractivity contribution >= 4 is 29.7 Å². The minimum absolute atomic E-state index is 0.176. The Kier molecular flexibility index (Phi) is 27.1. The molecule has 0 amide bonds. The van der Waals surface area contributed by atoms with E-state index < -0.39 is 42.2 Å². The molecular weight excluding hydrogens is 562 g/mol. The highest BCUT2D eigenvalue weighted by atomic mass is 32.2. The first-order valence-electron chi connectivity index (χ1n) is 13.3. The zero-order chi connectivity index (χ0) is 30.2. The van der Waals surface area contributed by atoms with Crippen LogP contribution >= 0.6 is 0 Å². The van der Waals surface area contributed by atoms with Crippen LogP contribution in [0.15, 0.2) is 0 Å². The highest BCUT2D eigenvalue weighted by molar-refractivity contribution is 7.91. The summed E-state index contributed by atoms with van der Waals surface area (Å²) in [6, 6.07) is 0. The second-order valence-corrected chi connectivity index (χ2v) is 12.4. The molecule has 13 heteroatoms. The van der Waals surface area contributed by atoms with E-state index >= 15 is 0 Å². The van der Waals surface area contributed by atoms with Gasteiger partial charge in [-0.1, -0.05) is 78.1 Å². The van der Waals surface area contributed by atoms with Crippen LogP contribution in [0.5, 0.6) is 5.75 Å². The molecule has 0 fully saturated rings. The number of halogens is 5. The standard InChI is InChI=1S/2C10H23OS.C6BF5O3/c2*1-4-5-6-7-8-9-10-11-12(2)3;8-1-2(9)4(11)6(15-7(13)14)5(12)3(1)10/h2*4-10H2,1-3H3;/q2*+1;-2. The Morgan fingerprint density at radius 2 is 0.846 bits per heavy atom. The Balaban J connectivity index is 0. The van der Waals surface area contributed by atoms with E-state index in [0.29, 0.717) is 0 Å². The molecule has 0 saturated heterocycles. The summed E-state index contributed by atoms with van der Waals surface area (Å²) in [4.78, 5) is 0. The van der Waals surface area contributed by atoms with Gasteiger partial charge >= 0.3 is 0 Å². The lowest BCUT2D eigenvalue weighted by Gasteiger charge is -2.27. The van der Waals surface area contributed by atoms with Crippen LogP contribution in [0.25, 0.3) is 0 Å². The van der Waals surface area contributed by atoms with Crippen LogP contribution in [0.3, 0.4) is 0 Å². The Morgan fingerprint density at radius 1 is 0.538 bits per heavy atom. The molecule has 1 rings (SSSR count). The van der Waals surface area contributed by atoms with Gasteiger partial charge in [0.2, 0.25) is 29.1 Å². The summed E-state index contributed by atoms with van der Waals surface area (Å²) in [7, 11) is -3.20. The van der Waals surface area contributed by atoms with Gasteiger partial charge in [-0.3, -0.25) is 0 Å². The van der Waals surface area contributed by atoms with Crippen molar-refractivity contribution in [1.82, 2.24) is 0 Å². The van der Waals surface area contributed by atoms with Crippen LogP contribution in [0.4, 0.5) is 22.0 Å². The first kappa shape index (κ1) is 40.4. The SMILES string of the molecule is CCCCCCCCO[S+](C)C.CCCCCCCCO[S+](C)C.[O-]B([O-])Oc1c(F)c(F)c(F)c(F)c1F. The highest BCUT2D eigenvalue weighted by Crippen LogP contribution is 2.28. The van der Waals surface area contributed by atoms with E-state index in [1.54, 1.807) is 0 Å². The van der Waals surface area contributed by atoms with Crippen molar-refractivity contribution in [2.75, 3.05) is 38.2 Å². The average molecular weight is 609 g/mol. The molecule has 0 aliphatic carbocycles. The molecule has 1 aromatic carbocycles.